The number of nitrogen functional groups attached to an aromatic ring is 1. The number of hydrogen-bond donors (Lipinski definition) is 1. The average molecular weight is 298 g/mol. The number of carbonyl (C=O) groups is 2. The van der Waals surface area contributed by atoms with Crippen molar-refractivity contribution in [3.8, 4) is 11.8 Å². The van der Waals surface area contributed by atoms with Crippen LogP contribution in [-0.4, -0.2) is 23.1 Å². The summed E-state index contributed by atoms with van der Waals surface area (Å²) >= 11 is 0. The van der Waals surface area contributed by atoms with E-state index in [0.29, 0.717) is 29.7 Å². The molecular weight excluding hydrogens is 280 g/mol. The second-order valence-corrected chi connectivity index (χ2v) is 4.89. The minimum atomic E-state index is -0.474. The predicted octanol–water partition coefficient (Wildman–Crippen LogP) is 2.95. The molecule has 0 saturated carbocycles. The molecule has 0 aliphatic heterocycles. The Morgan fingerprint density at radius 3 is 2.77 bits per heavy atom. The molecule has 0 fully saturated rings. The number of ketones is 1. The van der Waals surface area contributed by atoms with Crippen molar-refractivity contribution in [3.05, 3.63) is 30.0 Å². The zero-order valence-electron chi connectivity index (χ0n) is 12.7. The molecule has 0 radical (unpaired) electrons. The van der Waals surface area contributed by atoms with Crippen molar-refractivity contribution in [2.24, 2.45) is 0 Å². The van der Waals surface area contributed by atoms with Crippen molar-refractivity contribution < 1.29 is 14.3 Å². The molecule has 0 amide bonds. The second-order valence-electron chi connectivity index (χ2n) is 4.89. The number of Topliss-reactive ketones (excluding diaryl/α,β-unsaturated/α-hetero) is 1. The first kappa shape index (κ1) is 15.6. The third-order valence-electron chi connectivity index (χ3n) is 3.09. The first-order valence-electron chi connectivity index (χ1n) is 7.09. The van der Waals surface area contributed by atoms with Crippen LogP contribution in [0.3, 0.4) is 0 Å². The quantitative estimate of drug-likeness (QED) is 0.698. The molecular formula is C17H18N2O3. The summed E-state index contributed by atoms with van der Waals surface area (Å²) < 4.78 is 6.51. The topological polar surface area (TPSA) is 74.3 Å². The van der Waals surface area contributed by atoms with E-state index in [0.717, 1.165) is 5.39 Å². The molecule has 2 rings (SSSR count). The third kappa shape index (κ3) is 3.47. The van der Waals surface area contributed by atoms with Gasteiger partial charge in [-0.2, -0.15) is 0 Å². The van der Waals surface area contributed by atoms with E-state index < -0.39 is 6.09 Å². The van der Waals surface area contributed by atoms with Gasteiger partial charge in [-0.15, -0.1) is 0 Å². The number of fused-ring (bicyclic) bond motifs is 1. The number of benzene rings is 1. The summed E-state index contributed by atoms with van der Waals surface area (Å²) in [6.07, 6.45) is 0.389. The highest BCUT2D eigenvalue weighted by Crippen LogP contribution is 2.22. The molecule has 1 heterocycles. The fraction of sp³-hybridized carbons (Fsp3) is 0.294. The predicted molar refractivity (Wildman–Crippen MR) is 85.6 cm³/mol. The molecule has 2 N–H and O–H groups in total. The average Bonchev–Trinajstić information content (AvgIpc) is 2.81. The minimum absolute atomic E-state index is 0.0908. The van der Waals surface area contributed by atoms with Gasteiger partial charge >= 0.3 is 6.09 Å². The second kappa shape index (κ2) is 6.81. The maximum absolute atomic E-state index is 12.2. The van der Waals surface area contributed by atoms with Crippen LogP contribution in [0.5, 0.6) is 0 Å². The summed E-state index contributed by atoms with van der Waals surface area (Å²) in [5.74, 6) is 5.94. The van der Waals surface area contributed by atoms with Crippen LogP contribution in [-0.2, 0) is 9.53 Å². The van der Waals surface area contributed by atoms with Gasteiger partial charge in [-0.3, -0.25) is 4.79 Å². The zero-order valence-corrected chi connectivity index (χ0v) is 12.7. The van der Waals surface area contributed by atoms with Gasteiger partial charge in [-0.05, 0) is 44.0 Å². The Balaban J connectivity index is 2.44. The molecule has 0 unspecified atom stereocenters. The highest BCUT2D eigenvalue weighted by molar-refractivity contribution is 5.93. The van der Waals surface area contributed by atoms with Gasteiger partial charge in [0.1, 0.15) is 11.5 Å². The van der Waals surface area contributed by atoms with Crippen LogP contribution in [0.15, 0.2) is 24.3 Å². The van der Waals surface area contributed by atoms with Crippen molar-refractivity contribution in [3.63, 3.8) is 0 Å². The van der Waals surface area contributed by atoms with Gasteiger partial charge in [-0.25, -0.2) is 9.36 Å². The van der Waals surface area contributed by atoms with Crippen LogP contribution in [0.25, 0.3) is 10.9 Å². The minimum Gasteiger partial charge on any atom is -0.449 e. The lowest BCUT2D eigenvalue weighted by molar-refractivity contribution is -0.116. The Kier molecular flexibility index (Phi) is 4.84. The standard InChI is InChI=1S/C17H18N2O3/c1-3-22-17(21)19-15(7-5-4-6-12(2)20)11-13-10-14(18)8-9-16(13)19/h8-11H,3-4,6,18H2,1-2H3. The molecule has 1 aromatic heterocycles. The van der Waals surface area contributed by atoms with Crippen LogP contribution in [0, 0.1) is 11.8 Å². The van der Waals surface area contributed by atoms with E-state index in [9.17, 15) is 9.59 Å². The van der Waals surface area contributed by atoms with Gasteiger partial charge in [0.2, 0.25) is 0 Å². The molecule has 0 aliphatic rings. The lowest BCUT2D eigenvalue weighted by atomic mass is 10.2. The first-order valence-corrected chi connectivity index (χ1v) is 7.09. The summed E-state index contributed by atoms with van der Waals surface area (Å²) in [7, 11) is 0. The maximum Gasteiger partial charge on any atom is 0.419 e. The Morgan fingerprint density at radius 1 is 1.32 bits per heavy atom. The van der Waals surface area contributed by atoms with E-state index >= 15 is 0 Å². The summed E-state index contributed by atoms with van der Waals surface area (Å²) in [5.41, 5.74) is 7.62. The number of nitrogens with zero attached hydrogens (tertiary/aromatic N) is 1. The molecule has 0 aliphatic carbocycles. The van der Waals surface area contributed by atoms with Crippen molar-refractivity contribution in [2.75, 3.05) is 12.3 Å². The molecule has 1 aromatic carbocycles. The lowest BCUT2D eigenvalue weighted by Gasteiger charge is -2.06. The summed E-state index contributed by atoms with van der Waals surface area (Å²) in [4.78, 5) is 23.1. The molecule has 0 bridgehead atoms. The highest BCUT2D eigenvalue weighted by atomic mass is 16.5. The Hall–Kier alpha value is -2.74. The molecule has 114 valence electrons. The fourth-order valence-electron chi connectivity index (χ4n) is 2.10. The summed E-state index contributed by atoms with van der Waals surface area (Å²) in [5, 5.41) is 0.823. The van der Waals surface area contributed by atoms with Gasteiger partial charge in [-0.1, -0.05) is 5.92 Å². The van der Waals surface area contributed by atoms with E-state index in [2.05, 4.69) is 11.8 Å². The molecule has 0 atom stereocenters. The van der Waals surface area contributed by atoms with Crippen LogP contribution in [0.4, 0.5) is 10.5 Å². The molecule has 5 heteroatoms. The molecule has 0 saturated heterocycles. The molecule has 22 heavy (non-hydrogen) atoms. The summed E-state index contributed by atoms with van der Waals surface area (Å²) in [6, 6.07) is 7.07. The van der Waals surface area contributed by atoms with E-state index in [4.69, 9.17) is 10.5 Å². The zero-order chi connectivity index (χ0) is 16.1. The van der Waals surface area contributed by atoms with Crippen molar-refractivity contribution >= 4 is 28.5 Å². The highest BCUT2D eigenvalue weighted by Gasteiger charge is 2.15. The number of carbonyl (C=O) groups excluding carboxylic acids is 2. The van der Waals surface area contributed by atoms with Crippen LogP contribution in [0.1, 0.15) is 32.4 Å². The third-order valence-corrected chi connectivity index (χ3v) is 3.09. The number of aromatic nitrogens is 1. The van der Waals surface area contributed by atoms with E-state index in [1.807, 2.05) is 0 Å². The fourth-order valence-corrected chi connectivity index (χ4v) is 2.10. The van der Waals surface area contributed by atoms with Gasteiger partial charge in [0, 0.05) is 23.9 Å². The lowest BCUT2D eigenvalue weighted by Crippen LogP contribution is -2.14. The van der Waals surface area contributed by atoms with Gasteiger partial charge in [0.15, 0.2) is 0 Å². The Labute approximate surface area is 129 Å². The largest absolute Gasteiger partial charge is 0.449 e. The number of anilines is 1. The van der Waals surface area contributed by atoms with E-state index in [1.165, 1.54) is 11.5 Å². The molecule has 5 nitrogen and oxygen atoms in total. The number of nitrogens with two attached hydrogens (primary N) is 1. The van der Waals surface area contributed by atoms with Gasteiger partial charge < -0.3 is 10.5 Å². The molecule has 2 aromatic rings. The number of hydrogen-bond acceptors (Lipinski definition) is 4. The smallest absolute Gasteiger partial charge is 0.419 e. The van der Waals surface area contributed by atoms with Crippen LogP contribution in [0.2, 0.25) is 0 Å². The Bertz CT molecular complexity index is 778. The number of rotatable bonds is 3. The molecule has 0 spiro atoms. The van der Waals surface area contributed by atoms with Crippen molar-refractivity contribution in [1.29, 1.82) is 0 Å². The monoisotopic (exact) mass is 298 g/mol. The van der Waals surface area contributed by atoms with Gasteiger partial charge in [0.25, 0.3) is 0 Å². The SMILES string of the molecule is CCOC(=O)n1c(C#CCCC(C)=O)cc2cc(N)ccc21. The number of ether oxygens (including phenoxy) is 1. The first-order chi connectivity index (χ1) is 10.5. The van der Waals surface area contributed by atoms with Gasteiger partial charge in [0.05, 0.1) is 12.1 Å². The van der Waals surface area contributed by atoms with Crippen LogP contribution < -0.4 is 5.73 Å². The van der Waals surface area contributed by atoms with Crippen molar-refractivity contribution in [1.82, 2.24) is 4.57 Å². The van der Waals surface area contributed by atoms with Crippen LogP contribution >= 0.6 is 0 Å². The van der Waals surface area contributed by atoms with Crippen molar-refractivity contribution in [2.45, 2.75) is 26.7 Å². The van der Waals surface area contributed by atoms with E-state index in [-0.39, 0.29) is 12.4 Å². The Morgan fingerprint density at radius 2 is 2.09 bits per heavy atom. The summed E-state index contributed by atoms with van der Waals surface area (Å²) in [6.45, 7) is 3.56. The normalized spacial score (nSPS) is 10.1. The van der Waals surface area contributed by atoms with E-state index in [1.54, 1.807) is 31.2 Å². The maximum atomic E-state index is 12.2.